The maximum atomic E-state index is 12.1. The monoisotopic (exact) mass is 377 g/mol. The SMILES string of the molecule is COc1cccc(NC(=O)[C@@H](C)OC(=O)COc2ccc(Cl)cc2C)c1. The summed E-state index contributed by atoms with van der Waals surface area (Å²) in [5.74, 6) is 0.0425. The first-order valence-electron chi connectivity index (χ1n) is 7.92. The molecule has 0 heterocycles. The van der Waals surface area contributed by atoms with E-state index in [0.29, 0.717) is 22.2 Å². The molecule has 0 bridgehead atoms. The normalized spacial score (nSPS) is 11.4. The Balaban J connectivity index is 1.84. The number of benzene rings is 2. The van der Waals surface area contributed by atoms with Crippen LogP contribution in [0.1, 0.15) is 12.5 Å². The molecule has 0 radical (unpaired) electrons. The molecule has 2 aromatic rings. The highest BCUT2D eigenvalue weighted by molar-refractivity contribution is 6.30. The maximum absolute atomic E-state index is 12.1. The number of ether oxygens (including phenoxy) is 3. The molecule has 0 aliphatic rings. The van der Waals surface area contributed by atoms with E-state index < -0.39 is 18.0 Å². The lowest BCUT2D eigenvalue weighted by Gasteiger charge is -2.15. The summed E-state index contributed by atoms with van der Waals surface area (Å²) in [6, 6.07) is 11.9. The van der Waals surface area contributed by atoms with Crippen molar-refractivity contribution in [3.63, 3.8) is 0 Å². The van der Waals surface area contributed by atoms with Crippen LogP contribution in [0.25, 0.3) is 0 Å². The van der Waals surface area contributed by atoms with Gasteiger partial charge in [0.05, 0.1) is 7.11 Å². The lowest BCUT2D eigenvalue weighted by atomic mass is 10.2. The van der Waals surface area contributed by atoms with Gasteiger partial charge in [-0.05, 0) is 49.7 Å². The Morgan fingerprint density at radius 2 is 1.96 bits per heavy atom. The number of anilines is 1. The average Bonchev–Trinajstić information content (AvgIpc) is 2.61. The number of hydrogen-bond acceptors (Lipinski definition) is 5. The molecule has 1 atom stereocenters. The number of hydrogen-bond donors (Lipinski definition) is 1. The number of amides is 1. The topological polar surface area (TPSA) is 73.9 Å². The van der Waals surface area contributed by atoms with Crippen molar-refractivity contribution < 1.29 is 23.8 Å². The molecule has 0 aromatic heterocycles. The Hall–Kier alpha value is -2.73. The minimum atomic E-state index is -0.969. The van der Waals surface area contributed by atoms with E-state index in [1.54, 1.807) is 42.5 Å². The van der Waals surface area contributed by atoms with Gasteiger partial charge in [0, 0.05) is 16.8 Å². The molecule has 2 aromatic carbocycles. The fourth-order valence-corrected chi connectivity index (χ4v) is 2.37. The Bertz CT molecular complexity index is 793. The van der Waals surface area contributed by atoms with Crippen LogP contribution >= 0.6 is 11.6 Å². The molecule has 0 spiro atoms. The van der Waals surface area contributed by atoms with Crippen LogP contribution in [0.3, 0.4) is 0 Å². The third-order valence-electron chi connectivity index (χ3n) is 3.50. The second kappa shape index (κ2) is 9.10. The first-order chi connectivity index (χ1) is 12.4. The molecule has 138 valence electrons. The van der Waals surface area contributed by atoms with E-state index in [9.17, 15) is 9.59 Å². The van der Waals surface area contributed by atoms with Gasteiger partial charge in [-0.15, -0.1) is 0 Å². The molecule has 26 heavy (non-hydrogen) atoms. The molecule has 0 aliphatic carbocycles. The van der Waals surface area contributed by atoms with E-state index in [4.69, 9.17) is 25.8 Å². The second-order valence-electron chi connectivity index (χ2n) is 5.55. The number of methoxy groups -OCH3 is 1. The first-order valence-corrected chi connectivity index (χ1v) is 8.30. The van der Waals surface area contributed by atoms with E-state index in [-0.39, 0.29) is 6.61 Å². The van der Waals surface area contributed by atoms with E-state index in [0.717, 1.165) is 5.56 Å². The second-order valence-corrected chi connectivity index (χ2v) is 5.99. The van der Waals surface area contributed by atoms with Crippen molar-refractivity contribution in [2.75, 3.05) is 19.0 Å². The van der Waals surface area contributed by atoms with Gasteiger partial charge in [-0.1, -0.05) is 17.7 Å². The third-order valence-corrected chi connectivity index (χ3v) is 3.73. The van der Waals surface area contributed by atoms with Crippen molar-refractivity contribution in [3.8, 4) is 11.5 Å². The smallest absolute Gasteiger partial charge is 0.344 e. The predicted molar refractivity (Wildman–Crippen MR) is 98.9 cm³/mol. The van der Waals surface area contributed by atoms with Crippen molar-refractivity contribution in [2.24, 2.45) is 0 Å². The quantitative estimate of drug-likeness (QED) is 0.746. The molecule has 0 saturated carbocycles. The summed E-state index contributed by atoms with van der Waals surface area (Å²) >= 11 is 5.87. The van der Waals surface area contributed by atoms with Crippen molar-refractivity contribution in [3.05, 3.63) is 53.1 Å². The summed E-state index contributed by atoms with van der Waals surface area (Å²) in [4.78, 5) is 24.0. The van der Waals surface area contributed by atoms with Crippen LogP contribution in [0.4, 0.5) is 5.69 Å². The highest BCUT2D eigenvalue weighted by Crippen LogP contribution is 2.22. The lowest BCUT2D eigenvalue weighted by Crippen LogP contribution is -2.31. The van der Waals surface area contributed by atoms with Crippen molar-refractivity contribution >= 4 is 29.2 Å². The van der Waals surface area contributed by atoms with Gasteiger partial charge >= 0.3 is 5.97 Å². The van der Waals surface area contributed by atoms with E-state index in [2.05, 4.69) is 5.32 Å². The highest BCUT2D eigenvalue weighted by Gasteiger charge is 2.18. The maximum Gasteiger partial charge on any atom is 0.344 e. The molecular formula is C19H20ClNO5. The van der Waals surface area contributed by atoms with Gasteiger partial charge in [0.25, 0.3) is 5.91 Å². The number of halogens is 1. The van der Waals surface area contributed by atoms with Gasteiger partial charge < -0.3 is 19.5 Å². The van der Waals surface area contributed by atoms with E-state index in [1.165, 1.54) is 14.0 Å². The number of nitrogens with one attached hydrogen (secondary N) is 1. The van der Waals surface area contributed by atoms with Crippen LogP contribution in [-0.2, 0) is 14.3 Å². The molecule has 1 N–H and O–H groups in total. The molecular weight excluding hydrogens is 358 g/mol. The molecule has 2 rings (SSSR count). The molecule has 7 heteroatoms. The van der Waals surface area contributed by atoms with Gasteiger partial charge in [-0.3, -0.25) is 4.79 Å². The van der Waals surface area contributed by atoms with Crippen LogP contribution in [-0.4, -0.2) is 31.7 Å². The standard InChI is InChI=1S/C19H20ClNO5/c1-12-9-14(20)7-8-17(12)25-11-18(22)26-13(2)19(23)21-15-5-4-6-16(10-15)24-3/h4-10,13H,11H2,1-3H3,(H,21,23)/t13-/m1/s1. The van der Waals surface area contributed by atoms with Crippen LogP contribution < -0.4 is 14.8 Å². The van der Waals surface area contributed by atoms with E-state index in [1.807, 2.05) is 6.92 Å². The largest absolute Gasteiger partial charge is 0.497 e. The van der Waals surface area contributed by atoms with Crippen LogP contribution in [0.15, 0.2) is 42.5 Å². The zero-order valence-electron chi connectivity index (χ0n) is 14.7. The lowest BCUT2D eigenvalue weighted by molar-refractivity contribution is -0.155. The molecule has 1 amide bonds. The first kappa shape index (κ1) is 19.6. The number of esters is 1. The summed E-state index contributed by atoms with van der Waals surface area (Å²) in [5, 5.41) is 3.24. The van der Waals surface area contributed by atoms with E-state index >= 15 is 0 Å². The number of carbonyl (C=O) groups is 2. The van der Waals surface area contributed by atoms with Gasteiger partial charge in [0.15, 0.2) is 12.7 Å². The summed E-state index contributed by atoms with van der Waals surface area (Å²) in [5.41, 5.74) is 1.35. The van der Waals surface area contributed by atoms with Gasteiger partial charge in [0.2, 0.25) is 0 Å². The van der Waals surface area contributed by atoms with Crippen molar-refractivity contribution in [2.45, 2.75) is 20.0 Å². The Morgan fingerprint density at radius 1 is 1.19 bits per heavy atom. The van der Waals surface area contributed by atoms with Crippen molar-refractivity contribution in [1.82, 2.24) is 0 Å². The summed E-state index contributed by atoms with van der Waals surface area (Å²) in [6.07, 6.45) is -0.969. The fraction of sp³-hybridized carbons (Fsp3) is 0.263. The summed E-state index contributed by atoms with van der Waals surface area (Å²) in [6.45, 7) is 3.00. The highest BCUT2D eigenvalue weighted by atomic mass is 35.5. The van der Waals surface area contributed by atoms with Gasteiger partial charge in [0.1, 0.15) is 11.5 Å². The number of carbonyl (C=O) groups excluding carboxylic acids is 2. The minimum absolute atomic E-state index is 0.306. The molecule has 0 aliphatic heterocycles. The summed E-state index contributed by atoms with van der Waals surface area (Å²) in [7, 11) is 1.54. The zero-order chi connectivity index (χ0) is 19.1. The molecule has 0 unspecified atom stereocenters. The van der Waals surface area contributed by atoms with Gasteiger partial charge in [-0.25, -0.2) is 4.79 Å². The molecule has 0 fully saturated rings. The Kier molecular flexibility index (Phi) is 6.86. The fourth-order valence-electron chi connectivity index (χ4n) is 2.14. The third kappa shape index (κ3) is 5.67. The Labute approximate surface area is 157 Å². The van der Waals surface area contributed by atoms with Crippen LogP contribution in [0.5, 0.6) is 11.5 Å². The number of rotatable bonds is 7. The predicted octanol–water partition coefficient (Wildman–Crippen LogP) is 3.61. The molecule has 0 saturated heterocycles. The minimum Gasteiger partial charge on any atom is -0.497 e. The number of aryl methyl sites for hydroxylation is 1. The van der Waals surface area contributed by atoms with Gasteiger partial charge in [-0.2, -0.15) is 0 Å². The van der Waals surface area contributed by atoms with Crippen LogP contribution in [0.2, 0.25) is 5.02 Å². The Morgan fingerprint density at radius 3 is 2.65 bits per heavy atom. The van der Waals surface area contributed by atoms with Crippen molar-refractivity contribution in [1.29, 1.82) is 0 Å². The zero-order valence-corrected chi connectivity index (χ0v) is 15.5. The molecule has 6 nitrogen and oxygen atoms in total. The average molecular weight is 378 g/mol. The summed E-state index contributed by atoms with van der Waals surface area (Å²) < 4.78 is 15.6. The van der Waals surface area contributed by atoms with Crippen LogP contribution in [0, 0.1) is 6.92 Å².